The second-order valence-corrected chi connectivity index (χ2v) is 10.3. The van der Waals surface area contributed by atoms with E-state index in [2.05, 4.69) is 36.0 Å². The van der Waals surface area contributed by atoms with E-state index in [0.29, 0.717) is 5.56 Å². The van der Waals surface area contributed by atoms with Crippen molar-refractivity contribution >= 4 is 39.1 Å². The average Bonchev–Trinajstić information content (AvgIpc) is 3.40. The summed E-state index contributed by atoms with van der Waals surface area (Å²) < 4.78 is 65.1. The van der Waals surface area contributed by atoms with Crippen LogP contribution in [0.4, 0.5) is 35.3 Å². The van der Waals surface area contributed by atoms with E-state index in [1.807, 2.05) is 0 Å². The molecule has 0 aliphatic carbocycles. The van der Waals surface area contributed by atoms with Crippen LogP contribution in [0.2, 0.25) is 0 Å². The maximum Gasteiger partial charge on any atom is 0.573 e. The smallest absolute Gasteiger partial charge is 0.406 e. The Bertz CT molecular complexity index is 1580. The monoisotopic (exact) mass is 575 g/mol. The molecule has 0 saturated carbocycles. The summed E-state index contributed by atoms with van der Waals surface area (Å²) >= 11 is 0. The summed E-state index contributed by atoms with van der Waals surface area (Å²) in [4.78, 5) is 26.9. The zero-order valence-corrected chi connectivity index (χ0v) is 21.3. The van der Waals surface area contributed by atoms with Gasteiger partial charge in [-0.1, -0.05) is 17.2 Å². The number of rotatable bonds is 8. The number of nitrogens with one attached hydrogen (secondary N) is 3. The first-order valence-electron chi connectivity index (χ1n) is 11.3. The van der Waals surface area contributed by atoms with Gasteiger partial charge in [-0.25, -0.2) is 13.2 Å². The molecule has 1 aromatic heterocycles. The number of alkyl halides is 3. The van der Waals surface area contributed by atoms with Crippen molar-refractivity contribution in [1.82, 2.24) is 20.6 Å². The summed E-state index contributed by atoms with van der Waals surface area (Å²) in [5, 5.41) is 17.9. The van der Waals surface area contributed by atoms with Crippen LogP contribution in [0, 0.1) is 0 Å². The number of hydrogen-bond donors (Lipinski definition) is 3. The molecule has 3 aromatic carbocycles. The number of amides is 3. The van der Waals surface area contributed by atoms with E-state index in [-0.39, 0.29) is 34.3 Å². The first kappa shape index (κ1) is 28.0. The van der Waals surface area contributed by atoms with Crippen molar-refractivity contribution in [2.75, 3.05) is 21.8 Å². The Labute approximate surface area is 225 Å². The minimum absolute atomic E-state index is 0.0144. The van der Waals surface area contributed by atoms with Gasteiger partial charge in [0.25, 0.3) is 11.9 Å². The molecule has 0 atom stereocenters. The van der Waals surface area contributed by atoms with Gasteiger partial charge in [0.05, 0.1) is 11.4 Å². The maximum absolute atomic E-state index is 13.3. The molecule has 0 unspecified atom stereocenters. The Morgan fingerprint density at radius 1 is 0.950 bits per heavy atom. The summed E-state index contributed by atoms with van der Waals surface area (Å²) in [6, 6.07) is 15.7. The Morgan fingerprint density at radius 2 is 1.60 bits per heavy atom. The quantitative estimate of drug-likeness (QED) is 0.284. The maximum atomic E-state index is 13.3. The fraction of sp³-hybridized carbons (Fsp3) is 0.125. The second-order valence-electron chi connectivity index (χ2n) is 8.24. The summed E-state index contributed by atoms with van der Waals surface area (Å²) in [5.41, 5.74) is 1.37. The lowest BCUT2D eigenvalue weighted by atomic mass is 10.1. The fourth-order valence-electron chi connectivity index (χ4n) is 3.42. The van der Waals surface area contributed by atoms with Crippen LogP contribution >= 0.6 is 0 Å². The highest BCUT2D eigenvalue weighted by Gasteiger charge is 2.31. The van der Waals surface area contributed by atoms with Crippen LogP contribution in [0.5, 0.6) is 5.75 Å². The molecule has 0 aliphatic rings. The minimum atomic E-state index is -4.88. The molecule has 4 rings (SSSR count). The molecule has 0 bridgehead atoms. The lowest BCUT2D eigenvalue weighted by Crippen LogP contribution is -2.34. The first-order valence-corrected chi connectivity index (χ1v) is 13.1. The predicted octanol–water partition coefficient (Wildman–Crippen LogP) is 3.99. The van der Waals surface area contributed by atoms with E-state index < -0.39 is 33.9 Å². The highest BCUT2D eigenvalue weighted by molar-refractivity contribution is 7.90. The third-order valence-corrected chi connectivity index (χ3v) is 6.42. The van der Waals surface area contributed by atoms with E-state index >= 15 is 0 Å². The largest absolute Gasteiger partial charge is 0.573 e. The number of hydrogen-bond acceptors (Lipinski definition) is 8. The summed E-state index contributed by atoms with van der Waals surface area (Å²) in [6.07, 6.45) is -3.83. The van der Waals surface area contributed by atoms with Gasteiger partial charge >= 0.3 is 12.4 Å². The number of tetrazole rings is 1. The number of nitrogens with zero attached hydrogens (tertiary/aromatic N) is 4. The van der Waals surface area contributed by atoms with Crippen LogP contribution in [0.3, 0.4) is 0 Å². The fourth-order valence-corrected chi connectivity index (χ4v) is 4.05. The Kier molecular flexibility index (Phi) is 7.99. The van der Waals surface area contributed by atoms with Gasteiger partial charge in [-0.2, -0.15) is 5.21 Å². The second kappa shape index (κ2) is 11.4. The van der Waals surface area contributed by atoms with Gasteiger partial charge in [0.15, 0.2) is 9.84 Å². The Balaban J connectivity index is 1.55. The molecule has 3 amide bonds. The molecule has 3 N–H and O–H groups in total. The van der Waals surface area contributed by atoms with Gasteiger partial charge in [-0.05, 0) is 71.4 Å². The number of carbonyl (C=O) groups is 2. The predicted molar refractivity (Wildman–Crippen MR) is 136 cm³/mol. The van der Waals surface area contributed by atoms with Gasteiger partial charge in [-0.3, -0.25) is 15.0 Å². The van der Waals surface area contributed by atoms with E-state index in [1.54, 1.807) is 12.1 Å². The van der Waals surface area contributed by atoms with Gasteiger partial charge in [-0.15, -0.1) is 18.3 Å². The topological polar surface area (TPSA) is 159 Å². The Hall–Kier alpha value is -4.99. The first-order chi connectivity index (χ1) is 18.9. The molecule has 0 fully saturated rings. The van der Waals surface area contributed by atoms with E-state index in [4.69, 9.17) is 0 Å². The lowest BCUT2D eigenvalue weighted by Gasteiger charge is -2.24. The van der Waals surface area contributed by atoms with Crippen LogP contribution in [0.25, 0.3) is 0 Å². The standard InChI is InChI=1S/C24H20F3N7O5S/c1-40(37,38)20-12-6-17(7-13-20)28-23(36)34(18-8-10-19(11-9-18)39-24(25,26)27)14-15-2-4-16(5-3-15)21(35)29-22-30-32-33-31-22/h2-13H,14H2,1H3,(H,28,36)(H2,29,30,31,32,33,35). The van der Waals surface area contributed by atoms with Crippen molar-refractivity contribution in [3.63, 3.8) is 0 Å². The number of benzene rings is 3. The van der Waals surface area contributed by atoms with Crippen LogP contribution < -0.4 is 20.3 Å². The van der Waals surface area contributed by atoms with Gasteiger partial charge in [0.1, 0.15) is 5.75 Å². The van der Waals surface area contributed by atoms with Crippen molar-refractivity contribution in [3.05, 3.63) is 83.9 Å². The molecule has 0 radical (unpaired) electrons. The Morgan fingerprint density at radius 3 is 2.15 bits per heavy atom. The van der Waals surface area contributed by atoms with E-state index in [0.717, 1.165) is 18.4 Å². The zero-order chi connectivity index (χ0) is 28.9. The van der Waals surface area contributed by atoms with Gasteiger partial charge in [0.2, 0.25) is 0 Å². The molecule has 40 heavy (non-hydrogen) atoms. The number of halogens is 3. The summed E-state index contributed by atoms with van der Waals surface area (Å²) in [6.45, 7) is -0.0422. The molecular weight excluding hydrogens is 555 g/mol. The number of anilines is 3. The molecule has 16 heteroatoms. The number of aromatic nitrogens is 4. The van der Waals surface area contributed by atoms with E-state index in [9.17, 15) is 31.2 Å². The number of aromatic amines is 1. The summed E-state index contributed by atoms with van der Waals surface area (Å²) in [5.74, 6) is -0.982. The van der Waals surface area contributed by atoms with Gasteiger partial charge < -0.3 is 10.1 Å². The van der Waals surface area contributed by atoms with E-state index in [1.165, 1.54) is 53.4 Å². The van der Waals surface area contributed by atoms with Crippen molar-refractivity contribution < 1.29 is 35.9 Å². The number of carbonyl (C=O) groups excluding carboxylic acids is 2. The summed E-state index contributed by atoms with van der Waals surface area (Å²) in [7, 11) is -3.44. The normalized spacial score (nSPS) is 11.5. The zero-order valence-electron chi connectivity index (χ0n) is 20.5. The molecule has 0 aliphatic heterocycles. The molecule has 208 valence electrons. The number of ether oxygens (including phenoxy) is 1. The van der Waals surface area contributed by atoms with Crippen LogP contribution in [-0.4, -0.2) is 53.6 Å². The molecule has 4 aromatic rings. The molecule has 12 nitrogen and oxygen atoms in total. The van der Waals surface area contributed by atoms with Gasteiger partial charge in [0, 0.05) is 23.2 Å². The SMILES string of the molecule is CS(=O)(=O)c1ccc(NC(=O)N(Cc2ccc(C(=O)Nc3nn[nH]n3)cc2)c2ccc(OC(F)(F)F)cc2)cc1. The van der Waals surface area contributed by atoms with Crippen molar-refractivity contribution in [2.45, 2.75) is 17.8 Å². The van der Waals surface area contributed by atoms with Crippen LogP contribution in [-0.2, 0) is 16.4 Å². The van der Waals surface area contributed by atoms with Crippen molar-refractivity contribution in [2.24, 2.45) is 0 Å². The third-order valence-electron chi connectivity index (χ3n) is 5.29. The molecule has 1 heterocycles. The number of sulfone groups is 1. The van der Waals surface area contributed by atoms with Crippen molar-refractivity contribution in [1.29, 1.82) is 0 Å². The van der Waals surface area contributed by atoms with Crippen LogP contribution in [0.15, 0.2) is 77.7 Å². The number of urea groups is 1. The highest BCUT2D eigenvalue weighted by atomic mass is 32.2. The number of H-pyrrole nitrogens is 1. The molecule has 0 spiro atoms. The van der Waals surface area contributed by atoms with Crippen LogP contribution in [0.1, 0.15) is 15.9 Å². The van der Waals surface area contributed by atoms with Crippen molar-refractivity contribution in [3.8, 4) is 5.75 Å². The highest BCUT2D eigenvalue weighted by Crippen LogP contribution is 2.27. The molecular formula is C24H20F3N7O5S. The lowest BCUT2D eigenvalue weighted by molar-refractivity contribution is -0.274. The average molecular weight is 576 g/mol. The minimum Gasteiger partial charge on any atom is -0.406 e. The third kappa shape index (κ3) is 7.53. The molecule has 0 saturated heterocycles.